The van der Waals surface area contributed by atoms with Crippen molar-refractivity contribution in [3.05, 3.63) is 29.8 Å². The van der Waals surface area contributed by atoms with Crippen LogP contribution in [-0.4, -0.2) is 24.2 Å². The third-order valence-corrected chi connectivity index (χ3v) is 3.64. The molecule has 0 bridgehead atoms. The summed E-state index contributed by atoms with van der Waals surface area (Å²) in [7, 11) is 0. The van der Waals surface area contributed by atoms with Gasteiger partial charge in [-0.25, -0.2) is 0 Å². The zero-order valence-corrected chi connectivity index (χ0v) is 12.4. The molecule has 3 heteroatoms. The Bertz CT molecular complexity index is 413. The maximum atomic E-state index is 11.5. The molecule has 1 aromatic rings. The quantitative estimate of drug-likeness (QED) is 0.815. The molecule has 1 rings (SSSR count). The minimum Gasteiger partial charge on any atom is -0.481 e. The molecule has 1 aromatic carbocycles. The van der Waals surface area contributed by atoms with E-state index in [1.807, 2.05) is 13.8 Å². The summed E-state index contributed by atoms with van der Waals surface area (Å²) in [5.74, 6) is -0.708. The van der Waals surface area contributed by atoms with Crippen molar-refractivity contribution in [2.75, 3.05) is 18.0 Å². The highest BCUT2D eigenvalue weighted by molar-refractivity contribution is 5.75. The summed E-state index contributed by atoms with van der Waals surface area (Å²) >= 11 is 0. The average molecular weight is 263 g/mol. The predicted molar refractivity (Wildman–Crippen MR) is 79.7 cm³/mol. The summed E-state index contributed by atoms with van der Waals surface area (Å²) in [6, 6.07) is 8.26. The maximum Gasteiger partial charge on any atom is 0.311 e. The first-order valence-corrected chi connectivity index (χ1v) is 6.98. The lowest BCUT2D eigenvalue weighted by Crippen LogP contribution is -2.41. The summed E-state index contributed by atoms with van der Waals surface area (Å²) in [5, 5.41) is 9.47. The number of anilines is 1. The van der Waals surface area contributed by atoms with Crippen molar-refractivity contribution in [3.63, 3.8) is 0 Å². The molecule has 0 aromatic heterocycles. The lowest BCUT2D eigenvalue weighted by molar-refractivity contribution is -0.147. The van der Waals surface area contributed by atoms with Crippen LogP contribution in [0, 0.1) is 12.3 Å². The first-order valence-electron chi connectivity index (χ1n) is 6.98. The minimum absolute atomic E-state index is 0.551. The topological polar surface area (TPSA) is 40.5 Å². The van der Waals surface area contributed by atoms with Crippen molar-refractivity contribution in [2.45, 2.75) is 40.5 Å². The number of carboxylic acids is 1. The second kappa shape index (κ2) is 6.60. The van der Waals surface area contributed by atoms with Gasteiger partial charge in [-0.05, 0) is 39.3 Å². The molecule has 0 heterocycles. The number of aryl methyl sites for hydroxylation is 1. The third-order valence-electron chi connectivity index (χ3n) is 3.64. The lowest BCUT2D eigenvalue weighted by atomic mass is 9.85. The van der Waals surface area contributed by atoms with Crippen LogP contribution >= 0.6 is 0 Å². The molecule has 0 radical (unpaired) electrons. The highest BCUT2D eigenvalue weighted by Gasteiger charge is 2.34. The van der Waals surface area contributed by atoms with Crippen molar-refractivity contribution < 1.29 is 9.90 Å². The molecule has 0 aliphatic rings. The minimum atomic E-state index is -0.708. The van der Waals surface area contributed by atoms with E-state index >= 15 is 0 Å². The molecule has 0 saturated heterocycles. The van der Waals surface area contributed by atoms with Gasteiger partial charge in [0.2, 0.25) is 0 Å². The molecule has 0 amide bonds. The summed E-state index contributed by atoms with van der Waals surface area (Å²) < 4.78 is 0. The number of aliphatic carboxylic acids is 1. The standard InChI is InChI=1S/C16H25NO2/c1-5-11-16(4,15(18)19)12-17(6-2)14-9-7-13(3)8-10-14/h7-10H,5-6,11-12H2,1-4H3,(H,18,19). The fourth-order valence-electron chi connectivity index (χ4n) is 2.37. The van der Waals surface area contributed by atoms with Gasteiger partial charge in [0.1, 0.15) is 0 Å². The van der Waals surface area contributed by atoms with Crippen LogP contribution in [0.25, 0.3) is 0 Å². The molecule has 1 N–H and O–H groups in total. The number of carbonyl (C=O) groups is 1. The molecule has 106 valence electrons. The first-order chi connectivity index (χ1) is 8.92. The molecule has 0 fully saturated rings. The Hall–Kier alpha value is -1.51. The smallest absolute Gasteiger partial charge is 0.311 e. The monoisotopic (exact) mass is 263 g/mol. The number of rotatable bonds is 7. The zero-order valence-electron chi connectivity index (χ0n) is 12.4. The predicted octanol–water partition coefficient (Wildman–Crippen LogP) is 3.71. The zero-order chi connectivity index (χ0) is 14.5. The molecular weight excluding hydrogens is 238 g/mol. The van der Waals surface area contributed by atoms with Crippen LogP contribution in [0.5, 0.6) is 0 Å². The van der Waals surface area contributed by atoms with E-state index in [4.69, 9.17) is 0 Å². The summed E-state index contributed by atoms with van der Waals surface area (Å²) in [4.78, 5) is 13.7. The summed E-state index contributed by atoms with van der Waals surface area (Å²) in [6.45, 7) is 9.36. The van der Waals surface area contributed by atoms with Crippen molar-refractivity contribution in [3.8, 4) is 0 Å². The molecule has 19 heavy (non-hydrogen) atoms. The van der Waals surface area contributed by atoms with Crippen LogP contribution in [0.3, 0.4) is 0 Å². The molecular formula is C16H25NO2. The van der Waals surface area contributed by atoms with Crippen LogP contribution < -0.4 is 4.90 Å². The number of hydrogen-bond donors (Lipinski definition) is 1. The van der Waals surface area contributed by atoms with E-state index in [1.54, 1.807) is 0 Å². The highest BCUT2D eigenvalue weighted by atomic mass is 16.4. The molecule has 3 nitrogen and oxygen atoms in total. The van der Waals surface area contributed by atoms with E-state index in [0.29, 0.717) is 13.0 Å². The molecule has 1 unspecified atom stereocenters. The normalized spacial score (nSPS) is 13.9. The third kappa shape index (κ3) is 3.98. The number of nitrogens with zero attached hydrogens (tertiary/aromatic N) is 1. The van der Waals surface area contributed by atoms with E-state index in [1.165, 1.54) is 5.56 Å². The largest absolute Gasteiger partial charge is 0.481 e. The van der Waals surface area contributed by atoms with Gasteiger partial charge in [0.25, 0.3) is 0 Å². The average Bonchev–Trinajstić information content (AvgIpc) is 2.37. The Kier molecular flexibility index (Phi) is 5.40. The van der Waals surface area contributed by atoms with E-state index in [0.717, 1.165) is 18.7 Å². The molecule has 1 atom stereocenters. The van der Waals surface area contributed by atoms with Crippen LogP contribution in [-0.2, 0) is 4.79 Å². The second-order valence-electron chi connectivity index (χ2n) is 5.47. The van der Waals surface area contributed by atoms with Gasteiger partial charge in [-0.2, -0.15) is 0 Å². The molecule has 0 aliphatic heterocycles. The van der Waals surface area contributed by atoms with Crippen molar-refractivity contribution >= 4 is 11.7 Å². The lowest BCUT2D eigenvalue weighted by Gasteiger charge is -2.33. The van der Waals surface area contributed by atoms with Gasteiger partial charge in [0.05, 0.1) is 5.41 Å². The Morgan fingerprint density at radius 1 is 1.26 bits per heavy atom. The Morgan fingerprint density at radius 3 is 2.26 bits per heavy atom. The van der Waals surface area contributed by atoms with Crippen LogP contribution in [0.2, 0.25) is 0 Å². The Labute approximate surface area is 116 Å². The Morgan fingerprint density at radius 2 is 1.84 bits per heavy atom. The van der Waals surface area contributed by atoms with Crippen LogP contribution in [0.1, 0.15) is 39.2 Å². The van der Waals surface area contributed by atoms with Crippen LogP contribution in [0.15, 0.2) is 24.3 Å². The highest BCUT2D eigenvalue weighted by Crippen LogP contribution is 2.27. The van der Waals surface area contributed by atoms with E-state index in [9.17, 15) is 9.90 Å². The number of carboxylic acid groups (broad SMARTS) is 1. The fraction of sp³-hybridized carbons (Fsp3) is 0.562. The summed E-state index contributed by atoms with van der Waals surface area (Å²) in [5.41, 5.74) is 1.63. The van der Waals surface area contributed by atoms with Gasteiger partial charge >= 0.3 is 5.97 Å². The molecule has 0 aliphatic carbocycles. The van der Waals surface area contributed by atoms with Gasteiger partial charge in [-0.3, -0.25) is 4.79 Å². The van der Waals surface area contributed by atoms with Gasteiger partial charge in [-0.1, -0.05) is 31.0 Å². The van der Waals surface area contributed by atoms with E-state index in [2.05, 4.69) is 43.0 Å². The van der Waals surface area contributed by atoms with Gasteiger partial charge in [0.15, 0.2) is 0 Å². The molecule has 0 spiro atoms. The Balaban J connectivity index is 2.91. The molecule has 0 saturated carbocycles. The van der Waals surface area contributed by atoms with Crippen molar-refractivity contribution in [1.82, 2.24) is 0 Å². The fourth-order valence-corrected chi connectivity index (χ4v) is 2.37. The van der Waals surface area contributed by atoms with Gasteiger partial charge in [0, 0.05) is 18.8 Å². The van der Waals surface area contributed by atoms with Crippen molar-refractivity contribution in [1.29, 1.82) is 0 Å². The maximum absolute atomic E-state index is 11.5. The van der Waals surface area contributed by atoms with Crippen molar-refractivity contribution in [2.24, 2.45) is 5.41 Å². The van der Waals surface area contributed by atoms with E-state index in [-0.39, 0.29) is 0 Å². The second-order valence-corrected chi connectivity index (χ2v) is 5.47. The number of benzene rings is 1. The van der Waals surface area contributed by atoms with Gasteiger partial charge in [-0.15, -0.1) is 0 Å². The first kappa shape index (κ1) is 15.5. The van der Waals surface area contributed by atoms with Gasteiger partial charge < -0.3 is 10.0 Å². The van der Waals surface area contributed by atoms with E-state index < -0.39 is 11.4 Å². The van der Waals surface area contributed by atoms with Crippen LogP contribution in [0.4, 0.5) is 5.69 Å². The summed E-state index contributed by atoms with van der Waals surface area (Å²) in [6.07, 6.45) is 1.58. The SMILES string of the molecule is CCCC(C)(CN(CC)c1ccc(C)cc1)C(=O)O. The number of hydrogen-bond acceptors (Lipinski definition) is 2.